The zero-order chi connectivity index (χ0) is 44.2. The van der Waals surface area contributed by atoms with Gasteiger partial charge in [-0.3, -0.25) is 0 Å². The van der Waals surface area contributed by atoms with Crippen LogP contribution in [0.5, 0.6) is 0 Å². The van der Waals surface area contributed by atoms with Crippen molar-refractivity contribution in [3.8, 4) is 33.4 Å². The van der Waals surface area contributed by atoms with Crippen LogP contribution in [0.3, 0.4) is 0 Å². The van der Waals surface area contributed by atoms with Crippen molar-refractivity contribution >= 4 is 110 Å². The van der Waals surface area contributed by atoms with Gasteiger partial charge in [-0.05, 0) is 154 Å². The maximum Gasteiger partial charge on any atom is 0.187 e. The minimum atomic E-state index is -2.77. The lowest BCUT2D eigenvalue weighted by atomic mass is 9.89. The molecule has 0 radical (unpaired) electrons. The van der Waals surface area contributed by atoms with E-state index in [9.17, 15) is 0 Å². The van der Waals surface area contributed by atoms with E-state index in [0.717, 1.165) is 5.39 Å². The molecule has 14 rings (SSSR count). The first-order valence-corrected chi connectivity index (χ1v) is 25.1. The Hall–Kier alpha value is -8.61. The number of nitrogens with zero attached hydrogens (tertiary/aromatic N) is 1. The molecule has 0 unspecified atom stereocenters. The van der Waals surface area contributed by atoms with Crippen LogP contribution in [0.4, 0.5) is 5.69 Å². The van der Waals surface area contributed by atoms with Gasteiger partial charge in [-0.25, -0.2) is 4.85 Å². The molecule has 13 aromatic rings. The van der Waals surface area contributed by atoms with Crippen molar-refractivity contribution in [2.75, 3.05) is 0 Å². The Kier molecular flexibility index (Phi) is 8.14. The van der Waals surface area contributed by atoms with E-state index in [1.807, 2.05) is 12.1 Å². The fourth-order valence-electron chi connectivity index (χ4n) is 11.9. The third-order valence-electron chi connectivity index (χ3n) is 14.9. The number of rotatable bonds is 4. The van der Waals surface area contributed by atoms with Crippen LogP contribution < -0.4 is 20.7 Å². The molecule has 13 aromatic carbocycles. The zero-order valence-electron chi connectivity index (χ0n) is 36.5. The molecule has 0 saturated heterocycles. The van der Waals surface area contributed by atoms with Crippen LogP contribution in [0.2, 0.25) is 0 Å². The molecule has 0 bridgehead atoms. The topological polar surface area (TPSA) is 4.36 Å². The van der Waals surface area contributed by atoms with Gasteiger partial charge < -0.3 is 0 Å². The van der Waals surface area contributed by atoms with E-state index in [-0.39, 0.29) is 0 Å². The molecule has 0 N–H and O–H groups in total. The highest BCUT2D eigenvalue weighted by atomic mass is 28.3. The monoisotopic (exact) mass is 861 g/mol. The Labute approximate surface area is 389 Å². The van der Waals surface area contributed by atoms with Gasteiger partial charge in [0.25, 0.3) is 0 Å². The Morgan fingerprint density at radius 2 is 0.701 bits per heavy atom. The lowest BCUT2D eigenvalue weighted by Crippen LogP contribution is -2.72. The molecule has 0 saturated carbocycles. The molecule has 0 amide bonds. The predicted octanol–water partition coefficient (Wildman–Crippen LogP) is 15.0. The van der Waals surface area contributed by atoms with E-state index < -0.39 is 8.07 Å². The summed E-state index contributed by atoms with van der Waals surface area (Å²) in [6.45, 7) is 7.63. The van der Waals surface area contributed by atoms with Gasteiger partial charge in [0, 0.05) is 0 Å². The highest BCUT2D eigenvalue weighted by Crippen LogP contribution is 2.43. The largest absolute Gasteiger partial charge is 0.238 e. The van der Waals surface area contributed by atoms with Gasteiger partial charge in [0.2, 0.25) is 0 Å². The first-order valence-electron chi connectivity index (χ1n) is 23.1. The van der Waals surface area contributed by atoms with Crippen molar-refractivity contribution < 1.29 is 0 Å². The first-order chi connectivity index (χ1) is 33.2. The van der Waals surface area contributed by atoms with Gasteiger partial charge in [0.15, 0.2) is 13.8 Å². The normalized spacial score (nSPS) is 12.9. The molecule has 0 aromatic heterocycles. The minimum absolute atomic E-state index is 0.667. The summed E-state index contributed by atoms with van der Waals surface area (Å²) in [4.78, 5) is 3.73. The zero-order valence-corrected chi connectivity index (χ0v) is 37.5. The van der Waals surface area contributed by atoms with Crippen molar-refractivity contribution in [1.82, 2.24) is 0 Å². The van der Waals surface area contributed by atoms with Crippen LogP contribution in [0.1, 0.15) is 0 Å². The molecule has 1 nitrogen and oxygen atoms in total. The van der Waals surface area contributed by atoms with E-state index in [1.165, 1.54) is 124 Å². The Morgan fingerprint density at radius 1 is 0.284 bits per heavy atom. The van der Waals surface area contributed by atoms with Crippen molar-refractivity contribution in [2.24, 2.45) is 0 Å². The van der Waals surface area contributed by atoms with Crippen LogP contribution in [0.25, 0.3) is 114 Å². The van der Waals surface area contributed by atoms with Gasteiger partial charge in [0.1, 0.15) is 0 Å². The number of benzene rings is 13. The number of hydrogen-bond donors (Lipinski definition) is 0. The fourth-order valence-corrected chi connectivity index (χ4v) is 17.1. The quantitative estimate of drug-likeness (QED) is 0.0943. The second-order valence-corrected chi connectivity index (χ2v) is 21.9. The van der Waals surface area contributed by atoms with Gasteiger partial charge >= 0.3 is 0 Å². The summed E-state index contributed by atoms with van der Waals surface area (Å²) in [6.07, 6.45) is 0. The molecular formula is C65H39NSi. The Morgan fingerprint density at radius 3 is 1.25 bits per heavy atom. The highest BCUT2D eigenvalue weighted by molar-refractivity contribution is 7.22. The average Bonchev–Trinajstić information content (AvgIpc) is 3.71. The SMILES string of the molecule is [C-]#[N+]c1ccc2c3ccc(-c4ccc(-c5ccc6c(c5)c5ccccc5c5cc7c(cc65)[Si](c5ccccc5)(c5ccccc5)c5ccc6ccccc6c5-7)cc4)cc3c3ccccc3c2c1. The first kappa shape index (κ1) is 37.7. The molecule has 67 heavy (non-hydrogen) atoms. The Balaban J connectivity index is 0.949. The molecule has 0 fully saturated rings. The van der Waals surface area contributed by atoms with Gasteiger partial charge in [-0.2, -0.15) is 0 Å². The van der Waals surface area contributed by atoms with Crippen molar-refractivity contribution in [1.29, 1.82) is 0 Å². The number of hydrogen-bond acceptors (Lipinski definition) is 0. The van der Waals surface area contributed by atoms with Crippen LogP contribution in [0.15, 0.2) is 237 Å². The van der Waals surface area contributed by atoms with Crippen LogP contribution in [0, 0.1) is 6.57 Å². The molecule has 1 aliphatic rings. The summed E-state index contributed by atoms with van der Waals surface area (Å²) in [7, 11) is -2.77. The third-order valence-corrected chi connectivity index (χ3v) is 19.7. The van der Waals surface area contributed by atoms with Crippen LogP contribution >= 0.6 is 0 Å². The number of fused-ring (bicyclic) bond motifs is 17. The molecule has 2 heteroatoms. The third kappa shape index (κ3) is 5.41. The van der Waals surface area contributed by atoms with Gasteiger partial charge in [-0.1, -0.05) is 212 Å². The van der Waals surface area contributed by atoms with E-state index >= 15 is 0 Å². The summed E-state index contributed by atoms with van der Waals surface area (Å²) in [6, 6.07) is 88.4. The molecule has 0 atom stereocenters. The summed E-state index contributed by atoms with van der Waals surface area (Å²) >= 11 is 0. The molecule has 0 spiro atoms. The fraction of sp³-hybridized carbons (Fsp3) is 0. The molecule has 0 aliphatic carbocycles. The smallest absolute Gasteiger partial charge is 0.187 e. The molecule has 308 valence electrons. The van der Waals surface area contributed by atoms with E-state index in [1.54, 1.807) is 0 Å². The van der Waals surface area contributed by atoms with Crippen molar-refractivity contribution in [3.63, 3.8) is 0 Å². The molecule has 1 aliphatic heterocycles. The summed E-state index contributed by atoms with van der Waals surface area (Å²) in [5, 5.41) is 23.2. The summed E-state index contributed by atoms with van der Waals surface area (Å²) < 4.78 is 0. The van der Waals surface area contributed by atoms with E-state index in [0.29, 0.717) is 5.69 Å². The molecule has 1 heterocycles. The lowest BCUT2D eigenvalue weighted by molar-refractivity contribution is 1.62. The average molecular weight is 862 g/mol. The van der Waals surface area contributed by atoms with Gasteiger partial charge in [-0.15, -0.1) is 0 Å². The van der Waals surface area contributed by atoms with E-state index in [4.69, 9.17) is 6.57 Å². The second kappa shape index (κ2) is 14.4. The highest BCUT2D eigenvalue weighted by Gasteiger charge is 2.49. The standard InChI is InChI=1S/C65H39NSi/c1-66-46-31-34-55-54-32-28-44(36-57(54)50-20-10-12-22-52(50)59(55)38-46)41-24-26-42(27-25-41)45-29-33-56-58(37-45)51-21-11-13-23-53(51)60-39-62-64(40-61(56)60)67(47-15-4-2-5-16-47,48-17-6-3-7-18-48)63-35-30-43-14-8-9-19-49(43)65(62)63/h2-40H. The molecular weight excluding hydrogens is 823 g/mol. The van der Waals surface area contributed by atoms with Crippen LogP contribution in [-0.2, 0) is 0 Å². The maximum atomic E-state index is 7.63. The maximum absolute atomic E-state index is 7.63. The predicted molar refractivity (Wildman–Crippen MR) is 289 cm³/mol. The van der Waals surface area contributed by atoms with Crippen LogP contribution in [-0.4, -0.2) is 8.07 Å². The lowest BCUT2D eigenvalue weighted by Gasteiger charge is -2.31. The summed E-state index contributed by atoms with van der Waals surface area (Å²) in [5.41, 5.74) is 8.18. The van der Waals surface area contributed by atoms with Crippen molar-refractivity contribution in [2.45, 2.75) is 0 Å². The minimum Gasteiger partial charge on any atom is -0.238 e. The Bertz CT molecular complexity index is 4200. The van der Waals surface area contributed by atoms with E-state index in [2.05, 4.69) is 229 Å². The summed E-state index contributed by atoms with van der Waals surface area (Å²) in [5.74, 6) is 0. The second-order valence-electron chi connectivity index (χ2n) is 18.2. The van der Waals surface area contributed by atoms with Gasteiger partial charge in [0.05, 0.1) is 6.57 Å². The van der Waals surface area contributed by atoms with Crippen molar-refractivity contribution in [3.05, 3.63) is 248 Å².